The van der Waals surface area contributed by atoms with Crippen LogP contribution in [0.15, 0.2) is 0 Å². The van der Waals surface area contributed by atoms with Crippen molar-refractivity contribution in [3.05, 3.63) is 0 Å². The average Bonchev–Trinajstić information content (AvgIpc) is 3.16. The molecule has 3 amide bonds. The quantitative estimate of drug-likeness (QED) is 0.542. The minimum Gasteiger partial charge on any atom is -0.467 e. The first-order chi connectivity index (χ1) is 13.4. The van der Waals surface area contributed by atoms with Crippen molar-refractivity contribution < 1.29 is 33.4 Å². The first kappa shape index (κ1) is 22.1. The molecule has 3 atom stereocenters. The highest BCUT2D eigenvalue weighted by molar-refractivity contribution is 5.91. The normalized spacial score (nSPS) is 24.8. The SMILES string of the molecule is COCC(=O)NC1CCN(C(=O)COC)C(C(=O)N2CCCC2C(=O)OC)C1. The number of piperidine rings is 1. The fraction of sp³-hybridized carbons (Fsp3) is 0.778. The lowest BCUT2D eigenvalue weighted by Gasteiger charge is -2.40. The molecule has 158 valence electrons. The van der Waals surface area contributed by atoms with E-state index in [9.17, 15) is 19.2 Å². The second kappa shape index (κ2) is 10.4. The van der Waals surface area contributed by atoms with Crippen molar-refractivity contribution >= 4 is 23.7 Å². The van der Waals surface area contributed by atoms with Crippen LogP contribution in [0, 0.1) is 0 Å². The van der Waals surface area contributed by atoms with Gasteiger partial charge >= 0.3 is 5.97 Å². The van der Waals surface area contributed by atoms with Gasteiger partial charge in [0.15, 0.2) is 0 Å². The van der Waals surface area contributed by atoms with Gasteiger partial charge in [-0.2, -0.15) is 0 Å². The molecule has 0 aliphatic carbocycles. The Morgan fingerprint density at radius 2 is 1.64 bits per heavy atom. The van der Waals surface area contributed by atoms with E-state index in [4.69, 9.17) is 14.2 Å². The van der Waals surface area contributed by atoms with E-state index >= 15 is 0 Å². The molecule has 3 unspecified atom stereocenters. The third-order valence-electron chi connectivity index (χ3n) is 5.13. The van der Waals surface area contributed by atoms with Crippen LogP contribution >= 0.6 is 0 Å². The van der Waals surface area contributed by atoms with Gasteiger partial charge in [-0.25, -0.2) is 4.79 Å². The molecular weight excluding hydrogens is 370 g/mol. The summed E-state index contributed by atoms with van der Waals surface area (Å²) in [5.74, 6) is -1.33. The highest BCUT2D eigenvalue weighted by Gasteiger charge is 2.43. The van der Waals surface area contributed by atoms with Crippen LogP contribution in [-0.4, -0.2) is 99.2 Å². The maximum atomic E-state index is 13.3. The number of amides is 3. The summed E-state index contributed by atoms with van der Waals surface area (Å²) < 4.78 is 14.6. The van der Waals surface area contributed by atoms with Gasteiger partial charge in [-0.1, -0.05) is 0 Å². The van der Waals surface area contributed by atoms with Crippen LogP contribution in [0.4, 0.5) is 0 Å². The highest BCUT2D eigenvalue weighted by Crippen LogP contribution is 2.25. The minimum absolute atomic E-state index is 0.0715. The number of esters is 1. The van der Waals surface area contributed by atoms with Crippen LogP contribution in [0.1, 0.15) is 25.7 Å². The van der Waals surface area contributed by atoms with E-state index in [-0.39, 0.29) is 43.4 Å². The van der Waals surface area contributed by atoms with Crippen molar-refractivity contribution in [1.29, 1.82) is 0 Å². The Morgan fingerprint density at radius 1 is 0.929 bits per heavy atom. The fourth-order valence-corrected chi connectivity index (χ4v) is 3.84. The summed E-state index contributed by atoms with van der Waals surface area (Å²) in [5.41, 5.74) is 0. The summed E-state index contributed by atoms with van der Waals surface area (Å²) in [6.45, 7) is 0.540. The number of nitrogens with one attached hydrogen (secondary N) is 1. The second-order valence-electron chi connectivity index (χ2n) is 6.97. The Balaban J connectivity index is 2.17. The van der Waals surface area contributed by atoms with Crippen molar-refractivity contribution in [2.75, 3.05) is 47.6 Å². The zero-order chi connectivity index (χ0) is 20.7. The van der Waals surface area contributed by atoms with Gasteiger partial charge in [0.05, 0.1) is 7.11 Å². The number of carbonyl (C=O) groups excluding carboxylic acids is 4. The molecule has 2 rings (SSSR count). The number of hydrogen-bond donors (Lipinski definition) is 1. The Kier molecular flexibility index (Phi) is 8.18. The van der Waals surface area contributed by atoms with Gasteiger partial charge in [-0.3, -0.25) is 14.4 Å². The van der Waals surface area contributed by atoms with Crippen molar-refractivity contribution in [3.8, 4) is 0 Å². The van der Waals surface area contributed by atoms with Gasteiger partial charge < -0.3 is 29.3 Å². The van der Waals surface area contributed by atoms with E-state index in [0.29, 0.717) is 32.4 Å². The van der Waals surface area contributed by atoms with Gasteiger partial charge in [0.25, 0.3) is 0 Å². The van der Waals surface area contributed by atoms with Gasteiger partial charge in [0.1, 0.15) is 25.3 Å². The Labute approximate surface area is 164 Å². The predicted octanol–water partition coefficient (Wildman–Crippen LogP) is -1.08. The highest BCUT2D eigenvalue weighted by atomic mass is 16.5. The lowest BCUT2D eigenvalue weighted by Crippen LogP contribution is -2.59. The van der Waals surface area contributed by atoms with Gasteiger partial charge in [-0.05, 0) is 25.7 Å². The van der Waals surface area contributed by atoms with Crippen molar-refractivity contribution in [2.45, 2.75) is 43.8 Å². The van der Waals surface area contributed by atoms with Crippen molar-refractivity contribution in [2.24, 2.45) is 0 Å². The van der Waals surface area contributed by atoms with E-state index in [2.05, 4.69) is 5.32 Å². The molecule has 28 heavy (non-hydrogen) atoms. The van der Waals surface area contributed by atoms with E-state index in [1.54, 1.807) is 0 Å². The van der Waals surface area contributed by atoms with E-state index in [1.165, 1.54) is 31.1 Å². The molecule has 0 aromatic rings. The van der Waals surface area contributed by atoms with Crippen LogP contribution in [0.2, 0.25) is 0 Å². The minimum atomic E-state index is -0.769. The molecule has 2 aliphatic rings. The van der Waals surface area contributed by atoms with Gasteiger partial charge in [0.2, 0.25) is 17.7 Å². The number of carbonyl (C=O) groups is 4. The summed E-state index contributed by atoms with van der Waals surface area (Å²) in [6, 6.07) is -1.67. The zero-order valence-electron chi connectivity index (χ0n) is 16.6. The molecule has 0 saturated carbocycles. The first-order valence-corrected chi connectivity index (χ1v) is 9.37. The van der Waals surface area contributed by atoms with Crippen LogP contribution in [0.3, 0.4) is 0 Å². The van der Waals surface area contributed by atoms with E-state index in [0.717, 1.165) is 0 Å². The van der Waals surface area contributed by atoms with E-state index < -0.39 is 18.1 Å². The Hall–Kier alpha value is -2.20. The monoisotopic (exact) mass is 399 g/mol. The Morgan fingerprint density at radius 3 is 2.29 bits per heavy atom. The molecule has 0 spiro atoms. The van der Waals surface area contributed by atoms with Crippen LogP contribution in [0.25, 0.3) is 0 Å². The van der Waals surface area contributed by atoms with Gasteiger partial charge in [-0.15, -0.1) is 0 Å². The van der Waals surface area contributed by atoms with Crippen molar-refractivity contribution in [3.63, 3.8) is 0 Å². The number of ether oxygens (including phenoxy) is 3. The average molecular weight is 399 g/mol. The predicted molar refractivity (Wildman–Crippen MR) is 97.2 cm³/mol. The third-order valence-corrected chi connectivity index (χ3v) is 5.13. The molecule has 2 aliphatic heterocycles. The molecular formula is C18H29N3O7. The zero-order valence-corrected chi connectivity index (χ0v) is 16.6. The summed E-state index contributed by atoms with van der Waals surface area (Å²) in [7, 11) is 4.14. The molecule has 1 N–H and O–H groups in total. The Bertz CT molecular complexity index is 598. The van der Waals surface area contributed by atoms with Crippen LogP contribution < -0.4 is 5.32 Å². The molecule has 10 heteroatoms. The molecule has 0 aromatic carbocycles. The number of methoxy groups -OCH3 is 3. The lowest BCUT2D eigenvalue weighted by molar-refractivity contribution is -0.156. The maximum absolute atomic E-state index is 13.3. The van der Waals surface area contributed by atoms with E-state index in [1.807, 2.05) is 0 Å². The van der Waals surface area contributed by atoms with Crippen LogP contribution in [-0.2, 0) is 33.4 Å². The summed E-state index contributed by atoms with van der Waals surface area (Å²) >= 11 is 0. The lowest BCUT2D eigenvalue weighted by atomic mass is 9.95. The number of hydrogen-bond acceptors (Lipinski definition) is 7. The molecule has 2 heterocycles. The second-order valence-corrected chi connectivity index (χ2v) is 6.97. The molecule has 0 radical (unpaired) electrons. The number of rotatable bonds is 7. The molecule has 10 nitrogen and oxygen atoms in total. The largest absolute Gasteiger partial charge is 0.467 e. The summed E-state index contributed by atoms with van der Waals surface area (Å²) in [6.07, 6.45) is 2.02. The number of nitrogens with zero attached hydrogens (tertiary/aromatic N) is 2. The topological polar surface area (TPSA) is 114 Å². The standard InChI is InChI=1S/C18H29N3O7/c1-26-10-15(22)19-12-6-8-20(16(23)11-27-2)14(9-12)17(24)21-7-4-5-13(21)18(25)28-3/h12-14H,4-11H2,1-3H3,(H,19,22). The third kappa shape index (κ3) is 5.20. The number of likely N-dealkylation sites (tertiary alicyclic amines) is 2. The molecule has 0 aromatic heterocycles. The smallest absolute Gasteiger partial charge is 0.328 e. The molecule has 2 fully saturated rings. The molecule has 0 bridgehead atoms. The summed E-state index contributed by atoms with van der Waals surface area (Å²) in [5, 5.41) is 2.84. The summed E-state index contributed by atoms with van der Waals surface area (Å²) in [4.78, 5) is 52.6. The van der Waals surface area contributed by atoms with Crippen molar-refractivity contribution in [1.82, 2.24) is 15.1 Å². The molecule has 2 saturated heterocycles. The van der Waals surface area contributed by atoms with Crippen LogP contribution in [0.5, 0.6) is 0 Å². The maximum Gasteiger partial charge on any atom is 0.328 e. The first-order valence-electron chi connectivity index (χ1n) is 9.37. The fourth-order valence-electron chi connectivity index (χ4n) is 3.84. The van der Waals surface area contributed by atoms with Gasteiger partial charge in [0, 0.05) is 33.4 Å².